The molecule has 1 N–H and O–H groups in total. The van der Waals surface area contributed by atoms with Crippen molar-refractivity contribution in [3.63, 3.8) is 0 Å². The molecule has 2 heterocycles. The lowest BCUT2D eigenvalue weighted by molar-refractivity contribution is -0.123. The Morgan fingerprint density at radius 1 is 0.967 bits per heavy atom. The first-order chi connectivity index (χ1) is 14.7. The van der Waals surface area contributed by atoms with Gasteiger partial charge < -0.3 is 15.0 Å². The summed E-state index contributed by atoms with van der Waals surface area (Å²) in [7, 11) is 1.71. The number of methoxy groups -OCH3 is 1. The summed E-state index contributed by atoms with van der Waals surface area (Å²) in [5, 5.41) is 3.25. The first-order valence-electron chi connectivity index (χ1n) is 10.9. The van der Waals surface area contributed by atoms with Crippen LogP contribution in [0.5, 0.6) is 5.75 Å². The molecule has 0 spiro atoms. The van der Waals surface area contributed by atoms with Gasteiger partial charge in [0.1, 0.15) is 5.75 Å². The Morgan fingerprint density at radius 3 is 2.47 bits per heavy atom. The van der Waals surface area contributed by atoms with Gasteiger partial charge in [0.2, 0.25) is 5.91 Å². The van der Waals surface area contributed by atoms with E-state index < -0.39 is 0 Å². The van der Waals surface area contributed by atoms with Crippen molar-refractivity contribution in [3.8, 4) is 5.75 Å². The third-order valence-electron chi connectivity index (χ3n) is 6.05. The zero-order valence-electron chi connectivity index (χ0n) is 17.8. The minimum Gasteiger partial charge on any atom is -0.495 e. The predicted octanol–water partition coefficient (Wildman–Crippen LogP) is 2.21. The summed E-state index contributed by atoms with van der Waals surface area (Å²) in [6.45, 7) is 6.99. The zero-order valence-corrected chi connectivity index (χ0v) is 17.8. The number of carbonyl (C=O) groups is 1. The van der Waals surface area contributed by atoms with Crippen LogP contribution in [0.4, 0.5) is 5.69 Å². The Balaban J connectivity index is 1.19. The van der Waals surface area contributed by atoms with Gasteiger partial charge in [0.15, 0.2) is 0 Å². The zero-order chi connectivity index (χ0) is 20.8. The van der Waals surface area contributed by atoms with Crippen LogP contribution in [0.3, 0.4) is 0 Å². The number of nitrogens with one attached hydrogen (secondary N) is 1. The summed E-state index contributed by atoms with van der Waals surface area (Å²) in [5.41, 5.74) is 2.46. The molecule has 2 fully saturated rings. The van der Waals surface area contributed by atoms with E-state index in [9.17, 15) is 4.79 Å². The molecule has 2 aromatic rings. The van der Waals surface area contributed by atoms with Gasteiger partial charge in [-0.2, -0.15) is 0 Å². The number of piperazine rings is 1. The monoisotopic (exact) mass is 408 g/mol. The van der Waals surface area contributed by atoms with E-state index in [2.05, 4.69) is 50.3 Å². The van der Waals surface area contributed by atoms with Crippen LogP contribution >= 0.6 is 0 Å². The van der Waals surface area contributed by atoms with Crippen molar-refractivity contribution in [2.24, 2.45) is 0 Å². The van der Waals surface area contributed by atoms with Crippen molar-refractivity contribution in [3.05, 3.63) is 60.2 Å². The summed E-state index contributed by atoms with van der Waals surface area (Å²) in [6.07, 6.45) is 1.03. The van der Waals surface area contributed by atoms with E-state index in [0.29, 0.717) is 6.54 Å². The molecular formula is C24H32N4O2. The van der Waals surface area contributed by atoms with Crippen molar-refractivity contribution in [2.75, 3.05) is 57.8 Å². The fourth-order valence-electron chi connectivity index (χ4n) is 4.45. The standard InChI is InChI=1S/C24H32N4O2/c1-30-23-10-6-5-9-22(23)28-15-13-26(14-16-28)19-24(29)25-21-11-12-27(18-21)17-20-7-3-2-4-8-20/h2-10,21H,11-19H2,1H3,(H,25,29)/t21-/m0/s1. The number of rotatable bonds is 7. The van der Waals surface area contributed by atoms with Gasteiger partial charge in [0.05, 0.1) is 19.3 Å². The number of likely N-dealkylation sites (tertiary alicyclic amines) is 1. The molecule has 2 aliphatic rings. The highest BCUT2D eigenvalue weighted by molar-refractivity contribution is 5.78. The smallest absolute Gasteiger partial charge is 0.234 e. The number of hydrogen-bond donors (Lipinski definition) is 1. The SMILES string of the molecule is COc1ccccc1N1CCN(CC(=O)N[C@H]2CCN(Cc3ccccc3)C2)CC1. The minimum atomic E-state index is 0.146. The Morgan fingerprint density at radius 2 is 1.70 bits per heavy atom. The summed E-state index contributed by atoms with van der Waals surface area (Å²) < 4.78 is 5.49. The molecule has 0 radical (unpaired) electrons. The molecule has 6 heteroatoms. The molecular weight excluding hydrogens is 376 g/mol. The highest BCUT2D eigenvalue weighted by atomic mass is 16.5. The molecule has 2 saturated heterocycles. The molecule has 1 amide bonds. The molecule has 2 aliphatic heterocycles. The quantitative estimate of drug-likeness (QED) is 0.761. The number of nitrogens with zero attached hydrogens (tertiary/aromatic N) is 3. The van der Waals surface area contributed by atoms with E-state index in [0.717, 1.165) is 63.7 Å². The van der Waals surface area contributed by atoms with E-state index >= 15 is 0 Å². The molecule has 0 bridgehead atoms. The van der Waals surface area contributed by atoms with E-state index in [4.69, 9.17) is 4.74 Å². The number of amides is 1. The number of ether oxygens (including phenoxy) is 1. The molecule has 30 heavy (non-hydrogen) atoms. The highest BCUT2D eigenvalue weighted by Crippen LogP contribution is 2.28. The summed E-state index contributed by atoms with van der Waals surface area (Å²) in [6, 6.07) is 18.9. The predicted molar refractivity (Wildman–Crippen MR) is 120 cm³/mol. The molecule has 0 saturated carbocycles. The van der Waals surface area contributed by atoms with Gasteiger partial charge in [0.25, 0.3) is 0 Å². The average Bonchev–Trinajstić information content (AvgIpc) is 3.21. The summed E-state index contributed by atoms with van der Waals surface area (Å²) in [5.74, 6) is 1.05. The van der Waals surface area contributed by atoms with Crippen molar-refractivity contribution < 1.29 is 9.53 Å². The fraction of sp³-hybridized carbons (Fsp3) is 0.458. The number of hydrogen-bond acceptors (Lipinski definition) is 5. The number of anilines is 1. The van der Waals surface area contributed by atoms with Crippen LogP contribution in [0, 0.1) is 0 Å². The third-order valence-corrected chi connectivity index (χ3v) is 6.05. The van der Waals surface area contributed by atoms with Crippen LogP contribution in [-0.4, -0.2) is 74.7 Å². The number of benzene rings is 2. The van der Waals surface area contributed by atoms with Crippen LogP contribution in [0.25, 0.3) is 0 Å². The first-order valence-corrected chi connectivity index (χ1v) is 10.9. The van der Waals surface area contributed by atoms with E-state index in [1.54, 1.807) is 7.11 Å². The maximum Gasteiger partial charge on any atom is 0.234 e. The lowest BCUT2D eigenvalue weighted by atomic mass is 10.2. The van der Waals surface area contributed by atoms with Gasteiger partial charge >= 0.3 is 0 Å². The topological polar surface area (TPSA) is 48.1 Å². The van der Waals surface area contributed by atoms with Gasteiger partial charge in [-0.3, -0.25) is 14.6 Å². The van der Waals surface area contributed by atoms with Crippen molar-refractivity contribution in [2.45, 2.75) is 19.0 Å². The Kier molecular flexibility index (Phi) is 6.87. The molecule has 160 valence electrons. The van der Waals surface area contributed by atoms with Crippen LogP contribution in [0.1, 0.15) is 12.0 Å². The van der Waals surface area contributed by atoms with Gasteiger partial charge in [-0.15, -0.1) is 0 Å². The number of carbonyl (C=O) groups excluding carboxylic acids is 1. The highest BCUT2D eigenvalue weighted by Gasteiger charge is 2.26. The maximum atomic E-state index is 12.6. The Hall–Kier alpha value is -2.57. The molecule has 0 unspecified atom stereocenters. The van der Waals surface area contributed by atoms with E-state index in [1.807, 2.05) is 24.3 Å². The largest absolute Gasteiger partial charge is 0.495 e. The lowest BCUT2D eigenvalue weighted by Gasteiger charge is -2.36. The van der Waals surface area contributed by atoms with Crippen molar-refractivity contribution >= 4 is 11.6 Å². The normalized spacial score (nSPS) is 20.3. The van der Waals surface area contributed by atoms with Gasteiger partial charge in [-0.1, -0.05) is 42.5 Å². The second kappa shape index (κ2) is 9.96. The third kappa shape index (κ3) is 5.32. The van der Waals surface area contributed by atoms with Gasteiger partial charge in [-0.25, -0.2) is 0 Å². The Labute approximate surface area is 179 Å². The summed E-state index contributed by atoms with van der Waals surface area (Å²) in [4.78, 5) is 19.6. The van der Waals surface area contributed by atoms with E-state index in [-0.39, 0.29) is 11.9 Å². The number of para-hydroxylation sites is 2. The fourth-order valence-corrected chi connectivity index (χ4v) is 4.45. The van der Waals surface area contributed by atoms with Crippen LogP contribution in [-0.2, 0) is 11.3 Å². The van der Waals surface area contributed by atoms with Crippen LogP contribution < -0.4 is 15.0 Å². The molecule has 6 nitrogen and oxygen atoms in total. The van der Waals surface area contributed by atoms with Gasteiger partial charge in [-0.05, 0) is 24.1 Å². The van der Waals surface area contributed by atoms with Crippen molar-refractivity contribution in [1.29, 1.82) is 0 Å². The molecule has 1 atom stereocenters. The Bertz CT molecular complexity index is 821. The van der Waals surface area contributed by atoms with Crippen molar-refractivity contribution in [1.82, 2.24) is 15.1 Å². The maximum absolute atomic E-state index is 12.6. The van der Waals surface area contributed by atoms with E-state index in [1.165, 1.54) is 5.56 Å². The molecule has 0 aromatic heterocycles. The first kappa shape index (κ1) is 20.7. The molecule has 2 aromatic carbocycles. The minimum absolute atomic E-state index is 0.146. The summed E-state index contributed by atoms with van der Waals surface area (Å²) >= 11 is 0. The molecule has 4 rings (SSSR count). The van der Waals surface area contributed by atoms with Gasteiger partial charge in [0, 0.05) is 51.9 Å². The lowest BCUT2D eigenvalue weighted by Crippen LogP contribution is -2.50. The van der Waals surface area contributed by atoms with Crippen LogP contribution in [0.2, 0.25) is 0 Å². The van der Waals surface area contributed by atoms with Crippen LogP contribution in [0.15, 0.2) is 54.6 Å². The second-order valence-corrected chi connectivity index (χ2v) is 8.21. The average molecular weight is 409 g/mol. The molecule has 0 aliphatic carbocycles. The second-order valence-electron chi connectivity index (χ2n) is 8.21.